The lowest BCUT2D eigenvalue weighted by Crippen LogP contribution is -2.06. The van der Waals surface area contributed by atoms with Gasteiger partial charge in [0.25, 0.3) is 0 Å². The van der Waals surface area contributed by atoms with Gasteiger partial charge in [-0.2, -0.15) is 0 Å². The monoisotopic (exact) mass is 409 g/mol. The summed E-state index contributed by atoms with van der Waals surface area (Å²) in [4.78, 5) is 8.75. The highest BCUT2D eigenvalue weighted by Crippen LogP contribution is 2.29. The van der Waals surface area contributed by atoms with E-state index in [1.54, 1.807) is 19.2 Å². The third-order valence-corrected chi connectivity index (χ3v) is 4.75. The molecule has 0 fully saturated rings. The minimum absolute atomic E-state index is 0.460. The number of ether oxygens (including phenoxy) is 2. The Morgan fingerprint density at radius 3 is 2.76 bits per heavy atom. The van der Waals surface area contributed by atoms with Crippen LogP contribution in [0.2, 0.25) is 5.02 Å². The standard InChI is InChI=1S/C21H20ClN5O2/c1-27-18-9-15(23)5-7-17(18)26-21(27)25-11-13-3-6-16(10-19(13)28-2)29-20-8-4-14(22)12-24-20/h3-10,12H,11,23H2,1-2H3,(H,25,26). The SMILES string of the molecule is COc1cc(Oc2ccc(Cl)cn2)ccc1CNc1nc2ccc(N)cc2n1C. The number of imidazole rings is 1. The number of nitrogen functional groups attached to an aromatic ring is 1. The Kier molecular flexibility index (Phi) is 5.14. The number of aryl methyl sites for hydroxylation is 1. The molecule has 7 nitrogen and oxygen atoms in total. The van der Waals surface area contributed by atoms with E-state index in [9.17, 15) is 0 Å². The third kappa shape index (κ3) is 4.05. The number of nitrogens with one attached hydrogen (secondary N) is 1. The molecule has 29 heavy (non-hydrogen) atoms. The van der Waals surface area contributed by atoms with Crippen molar-refractivity contribution in [2.45, 2.75) is 6.54 Å². The maximum absolute atomic E-state index is 5.88. The highest BCUT2D eigenvalue weighted by Gasteiger charge is 2.11. The fourth-order valence-corrected chi connectivity index (χ4v) is 3.13. The van der Waals surface area contributed by atoms with Gasteiger partial charge in [-0.3, -0.25) is 0 Å². The predicted molar refractivity (Wildman–Crippen MR) is 115 cm³/mol. The van der Waals surface area contributed by atoms with E-state index >= 15 is 0 Å². The fourth-order valence-electron chi connectivity index (χ4n) is 3.02. The Morgan fingerprint density at radius 2 is 2.00 bits per heavy atom. The average molecular weight is 410 g/mol. The molecule has 0 unspecified atom stereocenters. The molecule has 0 spiro atoms. The van der Waals surface area contributed by atoms with Gasteiger partial charge in [-0.15, -0.1) is 0 Å². The second kappa shape index (κ2) is 7.89. The number of pyridine rings is 1. The van der Waals surface area contributed by atoms with E-state index in [0.29, 0.717) is 34.6 Å². The number of rotatable bonds is 6. The summed E-state index contributed by atoms with van der Waals surface area (Å²) in [7, 11) is 3.57. The average Bonchev–Trinajstić information content (AvgIpc) is 3.04. The second-order valence-corrected chi connectivity index (χ2v) is 6.92. The predicted octanol–water partition coefficient (Wildman–Crippen LogP) is 4.62. The van der Waals surface area contributed by atoms with E-state index in [2.05, 4.69) is 15.3 Å². The summed E-state index contributed by atoms with van der Waals surface area (Å²) in [6.07, 6.45) is 1.54. The number of hydrogen-bond acceptors (Lipinski definition) is 6. The number of anilines is 2. The van der Waals surface area contributed by atoms with Crippen molar-refractivity contribution in [2.75, 3.05) is 18.2 Å². The molecule has 2 aromatic heterocycles. The maximum Gasteiger partial charge on any atom is 0.219 e. The van der Waals surface area contributed by atoms with Crippen LogP contribution >= 0.6 is 11.6 Å². The van der Waals surface area contributed by atoms with E-state index in [1.807, 2.05) is 48.0 Å². The number of aromatic nitrogens is 3. The summed E-state index contributed by atoms with van der Waals surface area (Å²) in [5.41, 5.74) is 9.41. The molecule has 2 heterocycles. The van der Waals surface area contributed by atoms with Gasteiger partial charge in [-0.25, -0.2) is 9.97 Å². The topological polar surface area (TPSA) is 87.2 Å². The van der Waals surface area contributed by atoms with Gasteiger partial charge in [-0.1, -0.05) is 11.6 Å². The number of methoxy groups -OCH3 is 1. The Morgan fingerprint density at radius 1 is 1.14 bits per heavy atom. The van der Waals surface area contributed by atoms with Crippen LogP contribution < -0.4 is 20.5 Å². The molecule has 0 amide bonds. The smallest absolute Gasteiger partial charge is 0.219 e. The molecule has 2 aromatic carbocycles. The fraction of sp³-hybridized carbons (Fsp3) is 0.143. The Bertz CT molecular complexity index is 1160. The minimum atomic E-state index is 0.460. The molecule has 8 heteroatoms. The van der Waals surface area contributed by atoms with Gasteiger partial charge in [0.1, 0.15) is 11.5 Å². The van der Waals surface area contributed by atoms with Crippen LogP contribution in [-0.4, -0.2) is 21.6 Å². The Hall–Kier alpha value is -3.45. The maximum atomic E-state index is 5.88. The first-order chi connectivity index (χ1) is 14.0. The number of nitrogens with two attached hydrogens (primary N) is 1. The highest BCUT2D eigenvalue weighted by atomic mass is 35.5. The molecule has 0 saturated heterocycles. The van der Waals surface area contributed by atoms with Gasteiger partial charge >= 0.3 is 0 Å². The van der Waals surface area contributed by atoms with Crippen molar-refractivity contribution >= 4 is 34.3 Å². The van der Waals surface area contributed by atoms with E-state index < -0.39 is 0 Å². The van der Waals surface area contributed by atoms with Crippen molar-refractivity contribution in [3.8, 4) is 17.4 Å². The first-order valence-corrected chi connectivity index (χ1v) is 9.33. The molecule has 0 saturated carbocycles. The van der Waals surface area contributed by atoms with Crippen LogP contribution in [-0.2, 0) is 13.6 Å². The first-order valence-electron chi connectivity index (χ1n) is 8.95. The van der Waals surface area contributed by atoms with Gasteiger partial charge < -0.3 is 25.1 Å². The number of hydrogen-bond donors (Lipinski definition) is 2. The summed E-state index contributed by atoms with van der Waals surface area (Å²) in [6, 6.07) is 14.7. The number of nitrogens with zero attached hydrogens (tertiary/aromatic N) is 3. The molecule has 0 bridgehead atoms. The van der Waals surface area contributed by atoms with Gasteiger partial charge in [0, 0.05) is 43.2 Å². The normalized spacial score (nSPS) is 10.9. The van der Waals surface area contributed by atoms with E-state index in [0.717, 1.165) is 22.5 Å². The van der Waals surface area contributed by atoms with Gasteiger partial charge in [0.2, 0.25) is 11.8 Å². The lowest BCUT2D eigenvalue weighted by molar-refractivity contribution is 0.403. The lowest BCUT2D eigenvalue weighted by Gasteiger charge is -2.12. The molecular formula is C21H20ClN5O2. The quantitative estimate of drug-likeness (QED) is 0.452. The van der Waals surface area contributed by atoms with Crippen LogP contribution in [0.25, 0.3) is 11.0 Å². The molecule has 0 atom stereocenters. The molecule has 0 aliphatic heterocycles. The summed E-state index contributed by atoms with van der Waals surface area (Å²) in [5.74, 6) is 2.53. The highest BCUT2D eigenvalue weighted by molar-refractivity contribution is 6.30. The van der Waals surface area contributed by atoms with Crippen molar-refractivity contribution in [3.05, 3.63) is 65.3 Å². The van der Waals surface area contributed by atoms with Crippen LogP contribution in [0.4, 0.5) is 11.6 Å². The summed E-state index contributed by atoms with van der Waals surface area (Å²) < 4.78 is 13.3. The zero-order chi connectivity index (χ0) is 20.4. The molecule has 3 N–H and O–H groups in total. The Balaban J connectivity index is 1.51. The summed E-state index contributed by atoms with van der Waals surface area (Å²) in [5, 5.41) is 3.91. The number of fused-ring (bicyclic) bond motifs is 1. The number of benzene rings is 2. The van der Waals surface area contributed by atoms with Crippen LogP contribution in [0, 0.1) is 0 Å². The van der Waals surface area contributed by atoms with Gasteiger partial charge in [0.05, 0.1) is 23.2 Å². The first kappa shape index (κ1) is 18.9. The molecule has 4 rings (SSSR count). The summed E-state index contributed by atoms with van der Waals surface area (Å²) >= 11 is 5.85. The van der Waals surface area contributed by atoms with Crippen molar-refractivity contribution in [1.82, 2.24) is 14.5 Å². The van der Waals surface area contributed by atoms with Crippen LogP contribution in [0.3, 0.4) is 0 Å². The number of halogens is 1. The van der Waals surface area contributed by atoms with Gasteiger partial charge in [-0.05, 0) is 36.4 Å². The minimum Gasteiger partial charge on any atom is -0.496 e. The van der Waals surface area contributed by atoms with Crippen molar-refractivity contribution in [3.63, 3.8) is 0 Å². The zero-order valence-corrected chi connectivity index (χ0v) is 16.8. The molecule has 0 aliphatic carbocycles. The molecule has 0 aliphatic rings. The largest absolute Gasteiger partial charge is 0.496 e. The van der Waals surface area contributed by atoms with Crippen LogP contribution in [0.5, 0.6) is 17.4 Å². The van der Waals surface area contributed by atoms with Crippen molar-refractivity contribution in [1.29, 1.82) is 0 Å². The van der Waals surface area contributed by atoms with Gasteiger partial charge in [0.15, 0.2) is 0 Å². The second-order valence-electron chi connectivity index (χ2n) is 6.49. The van der Waals surface area contributed by atoms with Crippen LogP contribution in [0.15, 0.2) is 54.7 Å². The van der Waals surface area contributed by atoms with Crippen molar-refractivity contribution in [2.24, 2.45) is 7.05 Å². The molecular weight excluding hydrogens is 390 g/mol. The third-order valence-electron chi connectivity index (χ3n) is 4.52. The van der Waals surface area contributed by atoms with Crippen molar-refractivity contribution < 1.29 is 9.47 Å². The molecule has 4 aromatic rings. The van der Waals surface area contributed by atoms with Crippen LogP contribution in [0.1, 0.15) is 5.56 Å². The van der Waals surface area contributed by atoms with E-state index in [1.165, 1.54) is 6.20 Å². The van der Waals surface area contributed by atoms with E-state index in [4.69, 9.17) is 26.8 Å². The van der Waals surface area contributed by atoms with E-state index in [-0.39, 0.29) is 0 Å². The zero-order valence-electron chi connectivity index (χ0n) is 16.0. The summed E-state index contributed by atoms with van der Waals surface area (Å²) in [6.45, 7) is 0.537. The molecule has 148 valence electrons. The Labute approximate surface area is 173 Å². The lowest BCUT2D eigenvalue weighted by atomic mass is 10.2. The molecule has 0 radical (unpaired) electrons.